The fourth-order valence-corrected chi connectivity index (χ4v) is 15.2. The van der Waals surface area contributed by atoms with E-state index in [-0.39, 0.29) is 0 Å². The van der Waals surface area contributed by atoms with Crippen LogP contribution in [0.15, 0.2) is 12.4 Å². The summed E-state index contributed by atoms with van der Waals surface area (Å²) >= 11 is 2.55. The molecule has 1 nitrogen and oxygen atoms in total. The third-order valence-corrected chi connectivity index (χ3v) is 14.9. The molecule has 0 fully saturated rings. The second kappa shape index (κ2) is 6.28. The second-order valence-corrected chi connectivity index (χ2v) is 20.0. The summed E-state index contributed by atoms with van der Waals surface area (Å²) in [5.41, 5.74) is 2.29. The smallest absolute Gasteiger partial charge is 0.168 e. The highest BCUT2D eigenvalue weighted by Gasteiger charge is 2.45. The molecule has 0 saturated carbocycles. The lowest BCUT2D eigenvalue weighted by Crippen LogP contribution is -2.52. The molecule has 0 aliphatic rings. The van der Waals surface area contributed by atoms with E-state index in [0.29, 0.717) is 0 Å². The lowest BCUT2D eigenvalue weighted by Gasteiger charge is -2.44. The van der Waals surface area contributed by atoms with Crippen LogP contribution in [0.25, 0.3) is 0 Å². The summed E-state index contributed by atoms with van der Waals surface area (Å²) in [5, 5.41) is 1.64. The Morgan fingerprint density at radius 1 is 0.850 bits per heavy atom. The van der Waals surface area contributed by atoms with Gasteiger partial charge < -0.3 is 4.23 Å². The van der Waals surface area contributed by atoms with E-state index in [0.717, 1.165) is 16.6 Å². The maximum absolute atomic E-state index is 2.70. The Kier molecular flexibility index (Phi) is 5.81. The van der Waals surface area contributed by atoms with Crippen molar-refractivity contribution in [3.05, 3.63) is 16.0 Å². The highest BCUT2D eigenvalue weighted by atomic mass is 127. The standard InChI is InChI=1S/C16H32INSi2/c1-12(2)20(13(3)4,14(5)6)18-10-15(17)16(11-18)19(7,8)9/h10-14H,1-9H3. The third-order valence-electron chi connectivity index (χ3n) is 4.81. The molecule has 0 atom stereocenters. The van der Waals surface area contributed by atoms with Crippen LogP contribution in [-0.2, 0) is 0 Å². The molecule has 0 saturated heterocycles. The molecule has 1 heterocycles. The normalized spacial score (nSPS) is 13.8. The van der Waals surface area contributed by atoms with E-state index < -0.39 is 16.3 Å². The van der Waals surface area contributed by atoms with Crippen molar-refractivity contribution < 1.29 is 0 Å². The van der Waals surface area contributed by atoms with Crippen LogP contribution < -0.4 is 5.19 Å². The number of hydrogen-bond donors (Lipinski definition) is 0. The van der Waals surface area contributed by atoms with E-state index in [1.165, 1.54) is 3.57 Å². The SMILES string of the molecule is CC(C)[Si](C(C)C)(C(C)C)n1cc(I)c([Si](C)(C)C)c1. The van der Waals surface area contributed by atoms with E-state index in [1.54, 1.807) is 5.19 Å². The average molecular weight is 422 g/mol. The van der Waals surface area contributed by atoms with E-state index >= 15 is 0 Å². The van der Waals surface area contributed by atoms with E-state index in [4.69, 9.17) is 0 Å². The van der Waals surface area contributed by atoms with Crippen LogP contribution in [0.1, 0.15) is 41.5 Å². The van der Waals surface area contributed by atoms with Gasteiger partial charge in [-0.15, -0.1) is 0 Å². The Balaban J connectivity index is 3.52. The molecule has 4 heteroatoms. The molecular formula is C16H32INSi2. The van der Waals surface area contributed by atoms with Crippen LogP contribution in [0.2, 0.25) is 36.3 Å². The van der Waals surface area contributed by atoms with Crippen molar-refractivity contribution >= 4 is 44.1 Å². The van der Waals surface area contributed by atoms with Crippen molar-refractivity contribution in [3.8, 4) is 0 Å². The van der Waals surface area contributed by atoms with Crippen LogP contribution >= 0.6 is 22.6 Å². The number of aromatic nitrogens is 1. The third kappa shape index (κ3) is 3.12. The highest BCUT2D eigenvalue weighted by Crippen LogP contribution is 2.42. The molecule has 0 N–H and O–H groups in total. The van der Waals surface area contributed by atoms with Gasteiger partial charge in [-0.3, -0.25) is 0 Å². The lowest BCUT2D eigenvalue weighted by atomic mass is 10.5. The van der Waals surface area contributed by atoms with Gasteiger partial charge in [0.15, 0.2) is 8.24 Å². The van der Waals surface area contributed by atoms with Gasteiger partial charge in [0, 0.05) is 9.77 Å². The molecule has 0 aliphatic heterocycles. The van der Waals surface area contributed by atoms with Crippen molar-refractivity contribution in [3.63, 3.8) is 0 Å². The minimum Gasteiger partial charge on any atom is -0.379 e. The largest absolute Gasteiger partial charge is 0.379 e. The van der Waals surface area contributed by atoms with Crippen molar-refractivity contribution in [1.82, 2.24) is 4.23 Å². The summed E-state index contributed by atoms with van der Waals surface area (Å²) in [7, 11) is -2.81. The number of rotatable bonds is 5. The monoisotopic (exact) mass is 421 g/mol. The first-order chi connectivity index (χ1) is 8.95. The van der Waals surface area contributed by atoms with Crippen molar-refractivity contribution in [2.75, 3.05) is 0 Å². The number of hydrogen-bond acceptors (Lipinski definition) is 0. The Morgan fingerprint density at radius 3 is 1.50 bits per heavy atom. The topological polar surface area (TPSA) is 4.93 Å². The summed E-state index contributed by atoms with van der Waals surface area (Å²) in [6, 6.07) is 0. The summed E-state index contributed by atoms with van der Waals surface area (Å²) in [4.78, 5) is 0. The maximum atomic E-state index is 2.70. The molecule has 1 rings (SSSR count). The summed E-state index contributed by atoms with van der Waals surface area (Å²) < 4.78 is 4.18. The first-order valence-electron chi connectivity index (χ1n) is 7.84. The zero-order chi connectivity index (χ0) is 15.9. The Labute approximate surface area is 141 Å². The van der Waals surface area contributed by atoms with Crippen LogP contribution in [0.4, 0.5) is 0 Å². The molecular weight excluding hydrogens is 389 g/mol. The lowest BCUT2D eigenvalue weighted by molar-refractivity contribution is 0.765. The van der Waals surface area contributed by atoms with Gasteiger partial charge in [0.05, 0.1) is 8.07 Å². The number of nitrogens with zero attached hydrogens (tertiary/aromatic N) is 1. The van der Waals surface area contributed by atoms with Crippen LogP contribution in [0, 0.1) is 3.57 Å². The Bertz CT molecular complexity index is 434. The molecule has 0 bridgehead atoms. The van der Waals surface area contributed by atoms with Gasteiger partial charge in [0.1, 0.15) is 0 Å². The van der Waals surface area contributed by atoms with Gasteiger partial charge >= 0.3 is 0 Å². The van der Waals surface area contributed by atoms with Gasteiger partial charge in [-0.2, -0.15) is 0 Å². The molecule has 0 radical (unpaired) electrons. The molecule has 0 spiro atoms. The molecule has 1 aromatic rings. The Morgan fingerprint density at radius 2 is 1.25 bits per heavy atom. The van der Waals surface area contributed by atoms with Gasteiger partial charge in [-0.1, -0.05) is 61.2 Å². The predicted octanol–water partition coefficient (Wildman–Crippen LogP) is 5.66. The van der Waals surface area contributed by atoms with E-state index in [1.807, 2.05) is 0 Å². The molecule has 0 unspecified atom stereocenters. The first kappa shape index (κ1) is 18.5. The minimum atomic E-state index is -1.56. The van der Waals surface area contributed by atoms with Crippen molar-refractivity contribution in [1.29, 1.82) is 0 Å². The van der Waals surface area contributed by atoms with Gasteiger partial charge in [-0.25, -0.2) is 0 Å². The zero-order valence-corrected chi connectivity index (χ0v) is 18.9. The molecule has 1 aromatic heterocycles. The molecule has 20 heavy (non-hydrogen) atoms. The molecule has 0 aliphatic carbocycles. The van der Waals surface area contributed by atoms with Gasteiger partial charge in [-0.05, 0) is 50.6 Å². The van der Waals surface area contributed by atoms with E-state index in [9.17, 15) is 0 Å². The predicted molar refractivity (Wildman–Crippen MR) is 107 cm³/mol. The quantitative estimate of drug-likeness (QED) is 0.427. The summed E-state index contributed by atoms with van der Waals surface area (Å²) in [5.74, 6) is 0. The average Bonchev–Trinajstić information content (AvgIpc) is 2.58. The van der Waals surface area contributed by atoms with Crippen molar-refractivity contribution in [2.45, 2.75) is 77.8 Å². The minimum absolute atomic E-state index is 0.764. The second-order valence-electron chi connectivity index (χ2n) is 8.03. The van der Waals surface area contributed by atoms with E-state index in [2.05, 4.69) is 100 Å². The van der Waals surface area contributed by atoms with Crippen LogP contribution in [0.5, 0.6) is 0 Å². The summed E-state index contributed by atoms with van der Waals surface area (Å²) in [6.45, 7) is 22.0. The van der Waals surface area contributed by atoms with Crippen LogP contribution in [0.3, 0.4) is 0 Å². The molecule has 0 amide bonds. The fourth-order valence-electron chi connectivity index (χ4n) is 4.10. The van der Waals surface area contributed by atoms with Gasteiger partial charge in [0.2, 0.25) is 0 Å². The van der Waals surface area contributed by atoms with Gasteiger partial charge in [0.25, 0.3) is 0 Å². The summed E-state index contributed by atoms with van der Waals surface area (Å²) in [6.07, 6.45) is 4.99. The number of halogens is 1. The maximum Gasteiger partial charge on any atom is 0.168 e. The fraction of sp³-hybridized carbons (Fsp3) is 0.750. The first-order valence-corrected chi connectivity index (χ1v) is 14.6. The molecule has 116 valence electrons. The van der Waals surface area contributed by atoms with Crippen LogP contribution in [-0.4, -0.2) is 20.5 Å². The van der Waals surface area contributed by atoms with Crippen molar-refractivity contribution in [2.24, 2.45) is 0 Å². The highest BCUT2D eigenvalue weighted by molar-refractivity contribution is 14.1. The molecule has 0 aromatic carbocycles. The Hall–Kier alpha value is 0.444. The zero-order valence-electron chi connectivity index (χ0n) is 14.7.